The Hall–Kier alpha value is -2.15. The Balaban J connectivity index is 3.09. The lowest BCUT2D eigenvalue weighted by atomic mass is 10.2. The maximum atomic E-state index is 12.0. The second kappa shape index (κ2) is 7.44. The van der Waals surface area contributed by atoms with E-state index in [2.05, 4.69) is 0 Å². The van der Waals surface area contributed by atoms with Crippen molar-refractivity contribution in [3.63, 3.8) is 0 Å². The first-order valence-electron chi connectivity index (χ1n) is 6.29. The molecular formula is C13H19N3O4. The summed E-state index contributed by atoms with van der Waals surface area (Å²) < 4.78 is 4.97. The van der Waals surface area contributed by atoms with Crippen LogP contribution in [0.4, 0.5) is 16.2 Å². The maximum Gasteiger partial charge on any atom is 0.414 e. The molecule has 7 heteroatoms. The normalized spacial score (nSPS) is 10.4. The van der Waals surface area contributed by atoms with Gasteiger partial charge in [-0.3, -0.25) is 15.0 Å². The van der Waals surface area contributed by atoms with E-state index in [1.165, 1.54) is 11.0 Å². The van der Waals surface area contributed by atoms with E-state index in [0.717, 1.165) is 0 Å². The molecule has 110 valence electrons. The van der Waals surface area contributed by atoms with E-state index in [4.69, 9.17) is 4.74 Å². The van der Waals surface area contributed by atoms with Gasteiger partial charge in [-0.15, -0.1) is 0 Å². The molecule has 20 heavy (non-hydrogen) atoms. The van der Waals surface area contributed by atoms with Gasteiger partial charge in [-0.25, -0.2) is 4.79 Å². The molecule has 0 radical (unpaired) electrons. The number of nitro groups is 1. The number of nitrogens with zero attached hydrogens (tertiary/aromatic N) is 3. The van der Waals surface area contributed by atoms with Gasteiger partial charge in [0, 0.05) is 19.2 Å². The van der Waals surface area contributed by atoms with E-state index >= 15 is 0 Å². The van der Waals surface area contributed by atoms with E-state index in [1.54, 1.807) is 25.1 Å². The van der Waals surface area contributed by atoms with Crippen molar-refractivity contribution in [1.82, 2.24) is 4.90 Å². The largest absolute Gasteiger partial charge is 0.449 e. The topological polar surface area (TPSA) is 75.9 Å². The molecule has 0 N–H and O–H groups in total. The van der Waals surface area contributed by atoms with Gasteiger partial charge in [0.15, 0.2) is 0 Å². The van der Waals surface area contributed by atoms with Crippen LogP contribution in [-0.2, 0) is 4.74 Å². The van der Waals surface area contributed by atoms with E-state index in [-0.39, 0.29) is 18.0 Å². The summed E-state index contributed by atoms with van der Waals surface area (Å²) in [6, 6.07) is 6.14. The highest BCUT2D eigenvalue weighted by Crippen LogP contribution is 2.28. The molecule has 0 saturated carbocycles. The summed E-state index contributed by atoms with van der Waals surface area (Å²) in [5.74, 6) is 0. The van der Waals surface area contributed by atoms with Crippen LogP contribution >= 0.6 is 0 Å². The van der Waals surface area contributed by atoms with Gasteiger partial charge < -0.3 is 9.64 Å². The number of hydrogen-bond acceptors (Lipinski definition) is 5. The standard InChI is InChI=1S/C13H19N3O4/c1-4-20-13(17)15(10-9-14(2)3)11-7-5-6-8-12(11)16(18)19/h5-8H,4,9-10H2,1-3H3. The third kappa shape index (κ3) is 4.20. The van der Waals surface area contributed by atoms with E-state index < -0.39 is 11.0 Å². The van der Waals surface area contributed by atoms with Crippen LogP contribution < -0.4 is 4.90 Å². The number of hydrogen-bond donors (Lipinski definition) is 0. The highest BCUT2D eigenvalue weighted by Gasteiger charge is 2.24. The van der Waals surface area contributed by atoms with Crippen LogP contribution in [0.3, 0.4) is 0 Å². The first-order chi connectivity index (χ1) is 9.47. The van der Waals surface area contributed by atoms with Crippen LogP contribution in [0.5, 0.6) is 0 Å². The van der Waals surface area contributed by atoms with Gasteiger partial charge in [0.05, 0.1) is 11.5 Å². The number of amides is 1. The molecule has 0 bridgehead atoms. The van der Waals surface area contributed by atoms with E-state index in [0.29, 0.717) is 13.1 Å². The van der Waals surface area contributed by atoms with Crippen LogP contribution in [0.15, 0.2) is 24.3 Å². The quantitative estimate of drug-likeness (QED) is 0.589. The van der Waals surface area contributed by atoms with E-state index in [9.17, 15) is 14.9 Å². The fourth-order valence-electron chi connectivity index (χ4n) is 1.66. The fraction of sp³-hybridized carbons (Fsp3) is 0.462. The van der Waals surface area contributed by atoms with Crippen LogP contribution in [0.1, 0.15) is 6.92 Å². The van der Waals surface area contributed by atoms with Crippen molar-refractivity contribution in [1.29, 1.82) is 0 Å². The van der Waals surface area contributed by atoms with Gasteiger partial charge in [0.1, 0.15) is 5.69 Å². The average Bonchev–Trinajstić information content (AvgIpc) is 2.39. The van der Waals surface area contributed by atoms with Crippen molar-refractivity contribution in [2.75, 3.05) is 38.7 Å². The molecule has 1 aromatic carbocycles. The predicted octanol–water partition coefficient (Wildman–Crippen LogP) is 2.12. The smallest absolute Gasteiger partial charge is 0.414 e. The van der Waals surface area contributed by atoms with E-state index in [1.807, 2.05) is 19.0 Å². The molecule has 0 aliphatic rings. The minimum absolute atomic E-state index is 0.112. The number of ether oxygens (including phenoxy) is 1. The monoisotopic (exact) mass is 281 g/mol. The Morgan fingerprint density at radius 3 is 2.50 bits per heavy atom. The molecule has 0 fully saturated rings. The Kier molecular flexibility index (Phi) is 5.92. The van der Waals surface area contributed by atoms with Crippen molar-refractivity contribution in [2.24, 2.45) is 0 Å². The number of para-hydroxylation sites is 2. The molecule has 0 atom stereocenters. The lowest BCUT2D eigenvalue weighted by Gasteiger charge is -2.23. The number of likely N-dealkylation sites (N-methyl/N-ethyl adjacent to an activating group) is 1. The van der Waals surface area contributed by atoms with Gasteiger partial charge >= 0.3 is 6.09 Å². The maximum absolute atomic E-state index is 12.0. The summed E-state index contributed by atoms with van der Waals surface area (Å²) in [6.45, 7) is 2.81. The number of anilines is 1. The molecule has 0 unspecified atom stereocenters. The molecule has 0 aliphatic carbocycles. The first kappa shape index (κ1) is 15.9. The summed E-state index contributed by atoms with van der Waals surface area (Å²) in [7, 11) is 3.73. The van der Waals surface area contributed by atoms with Crippen molar-refractivity contribution in [3.8, 4) is 0 Å². The zero-order chi connectivity index (χ0) is 15.1. The summed E-state index contributed by atoms with van der Waals surface area (Å²) >= 11 is 0. The SMILES string of the molecule is CCOC(=O)N(CCN(C)C)c1ccccc1[N+](=O)[O-]. The zero-order valence-corrected chi connectivity index (χ0v) is 11.9. The van der Waals surface area contributed by atoms with Crippen LogP contribution in [0, 0.1) is 10.1 Å². The number of carbonyl (C=O) groups excluding carboxylic acids is 1. The summed E-state index contributed by atoms with van der Waals surface area (Å²) in [6.07, 6.45) is -0.580. The number of benzene rings is 1. The predicted molar refractivity (Wildman–Crippen MR) is 76.0 cm³/mol. The summed E-state index contributed by atoms with van der Waals surface area (Å²) in [5, 5.41) is 11.1. The number of carbonyl (C=O) groups is 1. The Morgan fingerprint density at radius 2 is 1.95 bits per heavy atom. The number of rotatable bonds is 6. The molecule has 0 saturated heterocycles. The lowest BCUT2D eigenvalue weighted by Crippen LogP contribution is -2.37. The van der Waals surface area contributed by atoms with Crippen LogP contribution in [-0.4, -0.2) is 49.7 Å². The van der Waals surface area contributed by atoms with Crippen molar-refractivity contribution >= 4 is 17.5 Å². The third-order valence-electron chi connectivity index (χ3n) is 2.63. The molecule has 0 aromatic heterocycles. The Labute approximate surface area is 117 Å². The molecule has 0 spiro atoms. The molecular weight excluding hydrogens is 262 g/mol. The van der Waals surface area contributed by atoms with Gasteiger partial charge in [-0.05, 0) is 27.1 Å². The first-order valence-corrected chi connectivity index (χ1v) is 6.29. The molecule has 0 aliphatic heterocycles. The minimum Gasteiger partial charge on any atom is -0.449 e. The Bertz CT molecular complexity index is 476. The summed E-state index contributed by atoms with van der Waals surface area (Å²) in [5.41, 5.74) is 0.136. The molecule has 0 heterocycles. The van der Waals surface area contributed by atoms with Crippen molar-refractivity contribution in [3.05, 3.63) is 34.4 Å². The van der Waals surface area contributed by atoms with Gasteiger partial charge in [-0.1, -0.05) is 12.1 Å². The highest BCUT2D eigenvalue weighted by molar-refractivity contribution is 5.90. The zero-order valence-electron chi connectivity index (χ0n) is 11.9. The lowest BCUT2D eigenvalue weighted by molar-refractivity contribution is -0.384. The molecule has 1 rings (SSSR count). The molecule has 1 aromatic rings. The van der Waals surface area contributed by atoms with Crippen molar-refractivity contribution in [2.45, 2.75) is 6.92 Å². The second-order valence-electron chi connectivity index (χ2n) is 4.40. The van der Waals surface area contributed by atoms with Crippen LogP contribution in [0.2, 0.25) is 0 Å². The van der Waals surface area contributed by atoms with Crippen molar-refractivity contribution < 1.29 is 14.5 Å². The Morgan fingerprint density at radius 1 is 1.30 bits per heavy atom. The highest BCUT2D eigenvalue weighted by atomic mass is 16.6. The molecule has 7 nitrogen and oxygen atoms in total. The minimum atomic E-state index is -0.580. The molecule has 1 amide bonds. The fourth-order valence-corrected chi connectivity index (χ4v) is 1.66. The average molecular weight is 281 g/mol. The number of nitro benzene ring substituents is 1. The van der Waals surface area contributed by atoms with Gasteiger partial charge in [0.25, 0.3) is 5.69 Å². The third-order valence-corrected chi connectivity index (χ3v) is 2.63. The van der Waals surface area contributed by atoms with Crippen LogP contribution in [0.25, 0.3) is 0 Å². The summed E-state index contributed by atoms with van der Waals surface area (Å²) in [4.78, 5) is 25.7. The van der Waals surface area contributed by atoms with Gasteiger partial charge in [-0.2, -0.15) is 0 Å². The second-order valence-corrected chi connectivity index (χ2v) is 4.40. The van der Waals surface area contributed by atoms with Gasteiger partial charge in [0.2, 0.25) is 0 Å².